The number of carbonyl (C=O) groups excluding carboxylic acids is 2. The van der Waals surface area contributed by atoms with E-state index < -0.39 is 48.1 Å². The quantitative estimate of drug-likeness (QED) is 0.0394. The third-order valence-corrected chi connectivity index (χ3v) is 10.9. The average Bonchev–Trinajstić information content (AvgIpc) is 3.31. The molecule has 2 aromatic heterocycles. The number of nitrogens with zero attached hydrogens (tertiary/aromatic N) is 4. The van der Waals surface area contributed by atoms with Gasteiger partial charge in [-0.1, -0.05) is 142 Å². The van der Waals surface area contributed by atoms with Crippen LogP contribution in [0.15, 0.2) is 158 Å². The molecular formula is C52H65N9O5. The van der Waals surface area contributed by atoms with Crippen molar-refractivity contribution in [2.24, 2.45) is 22.8 Å². The summed E-state index contributed by atoms with van der Waals surface area (Å²) in [6.45, 7) is 6.08. The van der Waals surface area contributed by atoms with Crippen LogP contribution in [-0.2, 0) is 35.5 Å². The SMILES string of the molecule is CC(C)(C)[C@H](NC(=O)CO)C(=O)N[C@@H](Cc1ccccc1)[C@@H](O)CN(N)Cc1ccc(-c2ccccn2)cc1.N[C@@H](Cc1ccccc1)[C@@H](O)CN(N)Cc1ccc(-c2ccccn2)cc1. The molecule has 0 aliphatic rings. The summed E-state index contributed by atoms with van der Waals surface area (Å²) in [4.78, 5) is 33.9. The van der Waals surface area contributed by atoms with Gasteiger partial charge in [0.1, 0.15) is 12.6 Å². The molecule has 348 valence electrons. The highest BCUT2D eigenvalue weighted by Crippen LogP contribution is 2.22. The molecule has 11 N–H and O–H groups in total. The van der Waals surface area contributed by atoms with Gasteiger partial charge in [0.2, 0.25) is 11.8 Å². The molecule has 6 rings (SSSR count). The zero-order valence-electron chi connectivity index (χ0n) is 38.0. The summed E-state index contributed by atoms with van der Waals surface area (Å²) < 4.78 is 0. The second-order valence-corrected chi connectivity index (χ2v) is 17.5. The van der Waals surface area contributed by atoms with Crippen molar-refractivity contribution in [3.05, 3.63) is 180 Å². The van der Waals surface area contributed by atoms with Crippen molar-refractivity contribution in [2.45, 2.75) is 77.0 Å². The predicted molar refractivity (Wildman–Crippen MR) is 259 cm³/mol. The maximum Gasteiger partial charge on any atom is 0.246 e. The second kappa shape index (κ2) is 25.5. The summed E-state index contributed by atoms with van der Waals surface area (Å²) in [5.41, 5.74) is 13.5. The Kier molecular flexibility index (Phi) is 19.6. The Morgan fingerprint density at radius 3 is 1.45 bits per heavy atom. The van der Waals surface area contributed by atoms with Crippen LogP contribution >= 0.6 is 0 Å². The van der Waals surface area contributed by atoms with Crippen LogP contribution in [0.3, 0.4) is 0 Å². The highest BCUT2D eigenvalue weighted by atomic mass is 16.3. The molecule has 0 aliphatic heterocycles. The Morgan fingerprint density at radius 1 is 0.591 bits per heavy atom. The lowest BCUT2D eigenvalue weighted by molar-refractivity contribution is -0.133. The van der Waals surface area contributed by atoms with E-state index in [1.165, 1.54) is 5.01 Å². The number of nitrogens with two attached hydrogens (primary N) is 3. The molecule has 0 saturated carbocycles. The van der Waals surface area contributed by atoms with Gasteiger partial charge in [0.05, 0.1) is 29.6 Å². The number of aliphatic hydroxyl groups excluding tert-OH is 3. The highest BCUT2D eigenvalue weighted by Gasteiger charge is 2.35. The number of rotatable bonds is 20. The van der Waals surface area contributed by atoms with Crippen molar-refractivity contribution in [1.82, 2.24) is 30.6 Å². The first kappa shape index (κ1) is 50.8. The molecule has 5 atom stereocenters. The largest absolute Gasteiger partial charge is 0.390 e. The number of benzene rings is 4. The van der Waals surface area contributed by atoms with E-state index in [-0.39, 0.29) is 12.6 Å². The molecule has 0 bridgehead atoms. The fraction of sp³-hybridized carbons (Fsp3) is 0.308. The van der Waals surface area contributed by atoms with E-state index in [9.17, 15) is 24.9 Å². The number of aromatic nitrogens is 2. The Bertz CT molecular complexity index is 2320. The number of amides is 2. The topological polar surface area (TPSA) is 229 Å². The molecule has 0 aliphatic carbocycles. The second-order valence-electron chi connectivity index (χ2n) is 17.5. The van der Waals surface area contributed by atoms with Gasteiger partial charge >= 0.3 is 0 Å². The van der Waals surface area contributed by atoms with Gasteiger partial charge in [-0.2, -0.15) is 0 Å². The summed E-state index contributed by atoms with van der Waals surface area (Å²) in [7, 11) is 0. The maximum absolute atomic E-state index is 13.3. The third-order valence-electron chi connectivity index (χ3n) is 10.9. The molecule has 0 spiro atoms. The fourth-order valence-electron chi connectivity index (χ4n) is 7.29. The van der Waals surface area contributed by atoms with E-state index in [2.05, 4.69) is 20.6 Å². The van der Waals surface area contributed by atoms with Gasteiger partial charge in [-0.05, 0) is 64.8 Å². The summed E-state index contributed by atoms with van der Waals surface area (Å²) >= 11 is 0. The van der Waals surface area contributed by atoms with Gasteiger partial charge < -0.3 is 31.7 Å². The van der Waals surface area contributed by atoms with Crippen LogP contribution in [0, 0.1) is 5.41 Å². The molecule has 0 saturated heterocycles. The van der Waals surface area contributed by atoms with Crippen LogP contribution in [0.4, 0.5) is 0 Å². The molecule has 0 fully saturated rings. The minimum Gasteiger partial charge on any atom is -0.390 e. The zero-order chi connectivity index (χ0) is 47.5. The molecule has 66 heavy (non-hydrogen) atoms. The lowest BCUT2D eigenvalue weighted by atomic mass is 9.85. The van der Waals surface area contributed by atoms with Gasteiger partial charge in [-0.25, -0.2) is 10.0 Å². The normalized spacial score (nSPS) is 13.7. The number of aliphatic hydroxyl groups is 3. The first-order valence-corrected chi connectivity index (χ1v) is 22.1. The molecule has 2 heterocycles. The van der Waals surface area contributed by atoms with Crippen LogP contribution < -0.4 is 28.1 Å². The van der Waals surface area contributed by atoms with Crippen LogP contribution in [0.5, 0.6) is 0 Å². The van der Waals surface area contributed by atoms with Crippen molar-refractivity contribution in [3.63, 3.8) is 0 Å². The fourth-order valence-corrected chi connectivity index (χ4v) is 7.29. The lowest BCUT2D eigenvalue weighted by Crippen LogP contribution is -2.59. The molecular weight excluding hydrogens is 831 g/mol. The van der Waals surface area contributed by atoms with Crippen molar-refractivity contribution < 1.29 is 24.9 Å². The summed E-state index contributed by atoms with van der Waals surface area (Å²) in [6.07, 6.45) is 2.83. The highest BCUT2D eigenvalue weighted by molar-refractivity contribution is 5.88. The molecule has 14 heteroatoms. The molecule has 4 aromatic carbocycles. The van der Waals surface area contributed by atoms with Crippen LogP contribution in [0.1, 0.15) is 43.0 Å². The Hall–Kier alpha value is -6.20. The third kappa shape index (κ3) is 16.7. The van der Waals surface area contributed by atoms with E-state index in [0.717, 1.165) is 44.8 Å². The minimum atomic E-state index is -0.999. The van der Waals surface area contributed by atoms with E-state index in [1.807, 2.05) is 166 Å². The van der Waals surface area contributed by atoms with Crippen molar-refractivity contribution in [1.29, 1.82) is 0 Å². The van der Waals surface area contributed by atoms with Crippen LogP contribution in [0.25, 0.3) is 22.5 Å². The lowest BCUT2D eigenvalue weighted by Gasteiger charge is -2.34. The van der Waals surface area contributed by atoms with Gasteiger partial charge in [0.15, 0.2) is 0 Å². The Morgan fingerprint density at radius 2 is 1.03 bits per heavy atom. The average molecular weight is 896 g/mol. The predicted octanol–water partition coefficient (Wildman–Crippen LogP) is 4.39. The standard InChI is InChI=1S/C30H39N5O4.C22H26N4O/c1-30(2,3)28(34-27(38)20-36)29(39)33-25(17-21-9-5-4-6-10-21)26(37)19-35(31)18-22-12-14-23(15-13-22)24-11-7-8-16-32-24;23-20(14-17-6-2-1-3-7-17)22(27)16-26(24)15-18-9-11-19(12-10-18)21-8-4-5-13-25-21/h4-16,25-26,28,36-37H,17-20,31H2,1-3H3,(H,33,39)(H,34,38);1-13,20,22,27H,14-16,23-24H2/t25-,26-,28+;20-,22-/m00/s1. The number of nitrogens with one attached hydrogen (secondary N) is 2. The van der Waals surface area contributed by atoms with E-state index >= 15 is 0 Å². The van der Waals surface area contributed by atoms with Crippen molar-refractivity contribution in [3.8, 4) is 22.5 Å². The maximum atomic E-state index is 13.3. The Balaban J connectivity index is 0.000000264. The van der Waals surface area contributed by atoms with E-state index in [4.69, 9.17) is 17.4 Å². The van der Waals surface area contributed by atoms with Crippen molar-refractivity contribution >= 4 is 11.8 Å². The van der Waals surface area contributed by atoms with Crippen LogP contribution in [0.2, 0.25) is 0 Å². The summed E-state index contributed by atoms with van der Waals surface area (Å²) in [5, 5.41) is 39.4. The summed E-state index contributed by atoms with van der Waals surface area (Å²) in [5.74, 6) is 11.3. The first-order valence-electron chi connectivity index (χ1n) is 22.1. The number of carbonyl (C=O) groups is 2. The van der Waals surface area contributed by atoms with Crippen LogP contribution in [-0.4, -0.2) is 97.1 Å². The molecule has 6 aromatic rings. The molecule has 2 amide bonds. The first-order chi connectivity index (χ1) is 31.7. The van der Waals surface area contributed by atoms with E-state index in [1.54, 1.807) is 17.4 Å². The number of hydrazine groups is 2. The molecule has 0 unspecified atom stereocenters. The number of pyridine rings is 2. The van der Waals surface area contributed by atoms with E-state index in [0.29, 0.717) is 32.5 Å². The monoisotopic (exact) mass is 896 g/mol. The Labute approximate surface area is 388 Å². The molecule has 0 radical (unpaired) electrons. The van der Waals surface area contributed by atoms with Gasteiger partial charge in [-0.15, -0.1) is 0 Å². The summed E-state index contributed by atoms with van der Waals surface area (Å²) in [6, 6.07) is 45.1. The smallest absolute Gasteiger partial charge is 0.246 e. The number of hydrogen-bond acceptors (Lipinski definition) is 12. The van der Waals surface area contributed by atoms with Crippen molar-refractivity contribution in [2.75, 3.05) is 19.7 Å². The van der Waals surface area contributed by atoms with Gasteiger partial charge in [-0.3, -0.25) is 31.2 Å². The zero-order valence-corrected chi connectivity index (χ0v) is 38.0. The van der Waals surface area contributed by atoms with Gasteiger partial charge in [0, 0.05) is 55.7 Å². The molecule has 14 nitrogen and oxygen atoms in total. The number of hydrogen-bond donors (Lipinski definition) is 8. The minimum absolute atomic E-state index is 0.100. The van der Waals surface area contributed by atoms with Gasteiger partial charge in [0.25, 0.3) is 0 Å².